The zero-order valence-electron chi connectivity index (χ0n) is 13.1. The van der Waals surface area contributed by atoms with E-state index in [-0.39, 0.29) is 0 Å². The summed E-state index contributed by atoms with van der Waals surface area (Å²) in [4.78, 5) is 8.97. The van der Waals surface area contributed by atoms with Crippen molar-refractivity contribution in [3.05, 3.63) is 89.9 Å². The predicted octanol–water partition coefficient (Wildman–Crippen LogP) is 4.87. The first-order chi connectivity index (χ1) is 12.2. The molecule has 0 N–H and O–H groups in total. The van der Waals surface area contributed by atoms with Gasteiger partial charge in [0.15, 0.2) is 0 Å². The van der Waals surface area contributed by atoms with E-state index in [2.05, 4.69) is 9.97 Å². The molecule has 0 unspecified atom stereocenters. The second kappa shape index (κ2) is 6.28. The van der Waals surface area contributed by atoms with Crippen molar-refractivity contribution in [2.75, 3.05) is 0 Å². The lowest BCUT2D eigenvalue weighted by Gasteiger charge is -2.05. The van der Waals surface area contributed by atoms with Gasteiger partial charge in [-0.15, -0.1) is 0 Å². The summed E-state index contributed by atoms with van der Waals surface area (Å²) in [5.41, 5.74) is 2.01. The Bertz CT molecular complexity index is 1070. The van der Waals surface area contributed by atoms with E-state index in [0.29, 0.717) is 11.4 Å². The molecule has 2 aromatic heterocycles. The summed E-state index contributed by atoms with van der Waals surface area (Å²) in [5, 5.41) is 0. The van der Waals surface area contributed by atoms with Crippen molar-refractivity contribution >= 4 is 23.2 Å². The van der Waals surface area contributed by atoms with Crippen LogP contribution in [0.5, 0.6) is 0 Å². The summed E-state index contributed by atoms with van der Waals surface area (Å²) in [6.07, 6.45) is 4.98. The normalized spacial score (nSPS) is 11.4. The van der Waals surface area contributed by atoms with Gasteiger partial charge in [0, 0.05) is 17.8 Å². The highest BCUT2D eigenvalue weighted by molar-refractivity contribution is 5.81. The van der Waals surface area contributed by atoms with E-state index in [1.807, 2.05) is 47.0 Å². The van der Waals surface area contributed by atoms with E-state index in [1.165, 1.54) is 12.1 Å². The first kappa shape index (κ1) is 15.2. The Kier molecular flexibility index (Phi) is 3.82. The van der Waals surface area contributed by atoms with Gasteiger partial charge in [0.2, 0.25) is 0 Å². The van der Waals surface area contributed by atoms with Crippen LogP contribution in [0.3, 0.4) is 0 Å². The minimum Gasteiger partial charge on any atom is -0.277 e. The van der Waals surface area contributed by atoms with Gasteiger partial charge in [0.05, 0.1) is 11.0 Å². The third-order valence-electron chi connectivity index (χ3n) is 3.84. The van der Waals surface area contributed by atoms with E-state index >= 15 is 0 Å². The monoisotopic (exact) mass is 333 g/mol. The van der Waals surface area contributed by atoms with Gasteiger partial charge in [-0.3, -0.25) is 4.57 Å². The first-order valence-corrected chi connectivity index (χ1v) is 7.74. The van der Waals surface area contributed by atoms with Crippen molar-refractivity contribution in [2.24, 2.45) is 0 Å². The first-order valence-electron chi connectivity index (χ1n) is 7.74. The van der Waals surface area contributed by atoms with Crippen molar-refractivity contribution in [3.8, 4) is 5.82 Å². The van der Waals surface area contributed by atoms with Crippen molar-refractivity contribution in [1.29, 1.82) is 0 Å². The van der Waals surface area contributed by atoms with Crippen molar-refractivity contribution in [2.45, 2.75) is 0 Å². The number of imidazole rings is 1. The molecule has 0 atom stereocenters. The molecule has 0 saturated heterocycles. The van der Waals surface area contributed by atoms with Gasteiger partial charge in [-0.25, -0.2) is 18.7 Å². The molecule has 0 radical (unpaired) electrons. The average molecular weight is 333 g/mol. The zero-order chi connectivity index (χ0) is 17.2. The summed E-state index contributed by atoms with van der Waals surface area (Å²) in [5.74, 6) is 0.117. The quantitative estimate of drug-likeness (QED) is 0.535. The largest absolute Gasteiger partial charge is 0.277 e. The molecular formula is C20H13F2N3. The SMILES string of the molecule is Fc1ccc(C=Cc2nc3ccccc3n2-c2ccccn2)c(F)c1. The molecule has 0 aliphatic heterocycles. The molecule has 0 saturated carbocycles. The fourth-order valence-electron chi connectivity index (χ4n) is 2.68. The number of rotatable bonds is 3. The summed E-state index contributed by atoms with van der Waals surface area (Å²) in [7, 11) is 0. The van der Waals surface area contributed by atoms with Gasteiger partial charge in [-0.2, -0.15) is 0 Å². The van der Waals surface area contributed by atoms with Crippen LogP contribution in [0.1, 0.15) is 11.4 Å². The highest BCUT2D eigenvalue weighted by Crippen LogP contribution is 2.22. The number of para-hydroxylation sites is 2. The highest BCUT2D eigenvalue weighted by atomic mass is 19.1. The Balaban J connectivity index is 1.85. The molecular weight excluding hydrogens is 320 g/mol. The maximum Gasteiger partial charge on any atom is 0.139 e. The van der Waals surface area contributed by atoms with Crippen LogP contribution in [-0.2, 0) is 0 Å². The molecule has 3 nitrogen and oxygen atoms in total. The molecule has 0 aliphatic carbocycles. The number of nitrogens with zero attached hydrogens (tertiary/aromatic N) is 3. The predicted molar refractivity (Wildman–Crippen MR) is 94.2 cm³/mol. The molecule has 4 rings (SSSR count). The Morgan fingerprint density at radius 2 is 1.72 bits per heavy atom. The average Bonchev–Trinajstić information content (AvgIpc) is 3.00. The van der Waals surface area contributed by atoms with Gasteiger partial charge in [-0.1, -0.05) is 18.2 Å². The summed E-state index contributed by atoms with van der Waals surface area (Å²) >= 11 is 0. The smallest absolute Gasteiger partial charge is 0.139 e. The molecule has 2 heterocycles. The number of aromatic nitrogens is 3. The molecule has 0 aliphatic rings. The van der Waals surface area contributed by atoms with Crippen LogP contribution in [0.15, 0.2) is 66.9 Å². The van der Waals surface area contributed by atoms with E-state index in [0.717, 1.165) is 22.9 Å². The number of pyridine rings is 1. The van der Waals surface area contributed by atoms with Gasteiger partial charge in [0.25, 0.3) is 0 Å². The van der Waals surface area contributed by atoms with E-state index < -0.39 is 11.6 Å². The number of hydrogen-bond acceptors (Lipinski definition) is 2. The Morgan fingerprint density at radius 1 is 0.880 bits per heavy atom. The molecule has 0 spiro atoms. The number of fused-ring (bicyclic) bond motifs is 1. The zero-order valence-corrected chi connectivity index (χ0v) is 13.1. The van der Waals surface area contributed by atoms with Crippen LogP contribution in [0.2, 0.25) is 0 Å². The van der Waals surface area contributed by atoms with Crippen LogP contribution in [0, 0.1) is 11.6 Å². The van der Waals surface area contributed by atoms with E-state index in [4.69, 9.17) is 0 Å². The van der Waals surface area contributed by atoms with Crippen molar-refractivity contribution in [1.82, 2.24) is 14.5 Å². The van der Waals surface area contributed by atoms with Gasteiger partial charge < -0.3 is 0 Å². The molecule has 0 fully saturated rings. The van der Waals surface area contributed by atoms with Crippen molar-refractivity contribution < 1.29 is 8.78 Å². The third kappa shape index (κ3) is 2.92. The third-order valence-corrected chi connectivity index (χ3v) is 3.84. The summed E-state index contributed by atoms with van der Waals surface area (Å²) in [6, 6.07) is 16.8. The van der Waals surface area contributed by atoms with Crippen LogP contribution in [0.25, 0.3) is 29.0 Å². The molecule has 5 heteroatoms. The second-order valence-corrected chi connectivity index (χ2v) is 5.48. The lowest BCUT2D eigenvalue weighted by atomic mass is 10.2. The topological polar surface area (TPSA) is 30.7 Å². The minimum atomic E-state index is -0.614. The number of benzene rings is 2. The number of halogens is 2. The molecule has 25 heavy (non-hydrogen) atoms. The lowest BCUT2D eigenvalue weighted by Crippen LogP contribution is -1.99. The van der Waals surface area contributed by atoms with Gasteiger partial charge >= 0.3 is 0 Å². The highest BCUT2D eigenvalue weighted by Gasteiger charge is 2.11. The molecule has 2 aromatic carbocycles. The molecule has 122 valence electrons. The fourth-order valence-corrected chi connectivity index (χ4v) is 2.68. The standard InChI is InChI=1S/C20H13F2N3/c21-15-10-8-14(16(22)13-15)9-11-20-24-17-5-1-2-6-18(17)25(20)19-7-3-4-12-23-19/h1-13H. The van der Waals surface area contributed by atoms with Crippen LogP contribution < -0.4 is 0 Å². The molecule has 4 aromatic rings. The fraction of sp³-hybridized carbons (Fsp3) is 0. The maximum absolute atomic E-state index is 13.9. The van der Waals surface area contributed by atoms with Crippen LogP contribution >= 0.6 is 0 Å². The van der Waals surface area contributed by atoms with Crippen LogP contribution in [-0.4, -0.2) is 14.5 Å². The van der Waals surface area contributed by atoms with E-state index in [9.17, 15) is 8.78 Å². The minimum absolute atomic E-state index is 0.293. The van der Waals surface area contributed by atoms with Crippen LogP contribution in [0.4, 0.5) is 8.78 Å². The Hall–Kier alpha value is -3.34. The molecule has 0 bridgehead atoms. The summed E-state index contributed by atoms with van der Waals surface area (Å²) < 4.78 is 28.8. The van der Waals surface area contributed by atoms with Gasteiger partial charge in [-0.05, 0) is 48.6 Å². The second-order valence-electron chi connectivity index (χ2n) is 5.48. The molecule has 0 amide bonds. The Morgan fingerprint density at radius 3 is 2.52 bits per heavy atom. The van der Waals surface area contributed by atoms with E-state index in [1.54, 1.807) is 18.3 Å². The van der Waals surface area contributed by atoms with Gasteiger partial charge in [0.1, 0.15) is 23.3 Å². The maximum atomic E-state index is 13.9. The van der Waals surface area contributed by atoms with Crippen molar-refractivity contribution in [3.63, 3.8) is 0 Å². The Labute approximate surface area is 142 Å². The lowest BCUT2D eigenvalue weighted by molar-refractivity contribution is 0.581. The summed E-state index contributed by atoms with van der Waals surface area (Å²) in [6.45, 7) is 0. The number of hydrogen-bond donors (Lipinski definition) is 0.